The molecule has 0 unspecified atom stereocenters. The second-order valence-electron chi connectivity index (χ2n) is 4.33. The highest BCUT2D eigenvalue weighted by molar-refractivity contribution is 9.10. The fraction of sp³-hybridized carbons (Fsp3) is 0.154. The lowest BCUT2D eigenvalue weighted by Crippen LogP contribution is -2.05. The number of nitrogen functional groups attached to an aromatic ring is 1. The quantitative estimate of drug-likeness (QED) is 0.765. The molecule has 3 aromatic rings. The number of nitrogens with one attached hydrogen (secondary N) is 1. The summed E-state index contributed by atoms with van der Waals surface area (Å²) in [6, 6.07) is 5.85. The largest absolute Gasteiger partial charge is 0.396 e. The minimum absolute atomic E-state index is 0.438. The summed E-state index contributed by atoms with van der Waals surface area (Å²) in [6.07, 6.45) is 1.64. The molecule has 0 aliphatic carbocycles. The van der Waals surface area contributed by atoms with Gasteiger partial charge >= 0.3 is 0 Å². The maximum Gasteiger partial charge on any atom is 0.223 e. The van der Waals surface area contributed by atoms with E-state index in [9.17, 15) is 0 Å². The smallest absolute Gasteiger partial charge is 0.223 e. The van der Waals surface area contributed by atoms with E-state index in [0.717, 1.165) is 21.1 Å². The van der Waals surface area contributed by atoms with Gasteiger partial charge in [0.25, 0.3) is 0 Å². The molecule has 1 aromatic carbocycles. The first kappa shape index (κ1) is 12.9. The SMILES string of the molecule is Cc1nc(CNc2c(N)cnc3ccc(Br)cc23)no1. The van der Waals surface area contributed by atoms with Crippen LogP contribution < -0.4 is 11.1 Å². The van der Waals surface area contributed by atoms with E-state index in [1.165, 1.54) is 0 Å². The summed E-state index contributed by atoms with van der Waals surface area (Å²) in [6.45, 7) is 2.19. The molecular weight excluding hydrogens is 322 g/mol. The molecule has 2 heterocycles. The first-order valence-corrected chi connectivity index (χ1v) is 6.79. The molecule has 2 aromatic heterocycles. The molecule has 0 fully saturated rings. The Balaban J connectivity index is 1.97. The molecule has 0 spiro atoms. The van der Waals surface area contributed by atoms with Crippen LogP contribution in [0.4, 0.5) is 11.4 Å². The monoisotopic (exact) mass is 333 g/mol. The molecule has 0 saturated heterocycles. The molecule has 6 nitrogen and oxygen atoms in total. The van der Waals surface area contributed by atoms with Gasteiger partial charge in [0.15, 0.2) is 5.82 Å². The first-order chi connectivity index (χ1) is 9.63. The molecule has 0 amide bonds. The van der Waals surface area contributed by atoms with E-state index >= 15 is 0 Å². The average molecular weight is 334 g/mol. The number of fused-ring (bicyclic) bond motifs is 1. The number of benzene rings is 1. The van der Waals surface area contributed by atoms with Gasteiger partial charge in [-0.1, -0.05) is 21.1 Å². The number of anilines is 2. The lowest BCUT2D eigenvalue weighted by Gasteiger charge is -2.11. The molecule has 0 aliphatic heterocycles. The number of nitrogens with zero attached hydrogens (tertiary/aromatic N) is 3. The number of aromatic nitrogens is 3. The minimum Gasteiger partial charge on any atom is -0.396 e. The van der Waals surface area contributed by atoms with Gasteiger partial charge in [0.2, 0.25) is 5.89 Å². The number of aryl methyl sites for hydroxylation is 1. The van der Waals surface area contributed by atoms with Crippen molar-refractivity contribution in [2.45, 2.75) is 13.5 Å². The Morgan fingerprint density at radius 2 is 2.25 bits per heavy atom. The second kappa shape index (κ2) is 5.09. The number of pyridine rings is 1. The molecular formula is C13H12BrN5O. The topological polar surface area (TPSA) is 89.9 Å². The van der Waals surface area contributed by atoms with E-state index in [-0.39, 0.29) is 0 Å². The summed E-state index contributed by atoms with van der Waals surface area (Å²) in [5.74, 6) is 1.12. The van der Waals surface area contributed by atoms with Crippen molar-refractivity contribution in [3.63, 3.8) is 0 Å². The van der Waals surface area contributed by atoms with Crippen molar-refractivity contribution < 1.29 is 4.52 Å². The number of rotatable bonds is 3. The van der Waals surface area contributed by atoms with Gasteiger partial charge in [-0.3, -0.25) is 4.98 Å². The van der Waals surface area contributed by atoms with Crippen molar-refractivity contribution in [3.05, 3.63) is 40.6 Å². The Kier molecular flexibility index (Phi) is 3.27. The van der Waals surface area contributed by atoms with Crippen molar-refractivity contribution in [2.75, 3.05) is 11.1 Å². The third kappa shape index (κ3) is 2.44. The second-order valence-corrected chi connectivity index (χ2v) is 5.25. The molecule has 0 atom stereocenters. The van der Waals surface area contributed by atoms with Crippen LogP contribution in [0.5, 0.6) is 0 Å². The van der Waals surface area contributed by atoms with Crippen molar-refractivity contribution in [3.8, 4) is 0 Å². The van der Waals surface area contributed by atoms with Crippen LogP contribution in [0, 0.1) is 6.92 Å². The zero-order valence-electron chi connectivity index (χ0n) is 10.7. The summed E-state index contributed by atoms with van der Waals surface area (Å²) in [7, 11) is 0. The molecule has 0 radical (unpaired) electrons. The molecule has 102 valence electrons. The average Bonchev–Trinajstić information content (AvgIpc) is 2.83. The van der Waals surface area contributed by atoms with Crippen molar-refractivity contribution >= 4 is 38.2 Å². The summed E-state index contributed by atoms with van der Waals surface area (Å²) in [5.41, 5.74) is 8.27. The van der Waals surface area contributed by atoms with Crippen LogP contribution in [-0.4, -0.2) is 15.1 Å². The van der Waals surface area contributed by atoms with Crippen LogP contribution in [0.25, 0.3) is 10.9 Å². The molecule has 0 saturated carbocycles. The normalized spacial score (nSPS) is 10.9. The van der Waals surface area contributed by atoms with Crippen LogP contribution in [0.3, 0.4) is 0 Å². The van der Waals surface area contributed by atoms with E-state index < -0.39 is 0 Å². The third-order valence-electron chi connectivity index (χ3n) is 2.85. The van der Waals surface area contributed by atoms with Gasteiger partial charge in [-0.25, -0.2) is 0 Å². The highest BCUT2D eigenvalue weighted by Gasteiger charge is 2.09. The molecule has 3 N–H and O–H groups in total. The van der Waals surface area contributed by atoms with Crippen LogP contribution in [0.15, 0.2) is 33.4 Å². The van der Waals surface area contributed by atoms with Crippen molar-refractivity contribution in [2.24, 2.45) is 0 Å². The fourth-order valence-corrected chi connectivity index (χ4v) is 2.32. The highest BCUT2D eigenvalue weighted by atomic mass is 79.9. The van der Waals surface area contributed by atoms with Crippen LogP contribution >= 0.6 is 15.9 Å². The highest BCUT2D eigenvalue weighted by Crippen LogP contribution is 2.30. The maximum atomic E-state index is 6.00. The number of nitrogens with two attached hydrogens (primary N) is 1. The predicted octanol–water partition coefficient (Wildman–Crippen LogP) is 2.88. The predicted molar refractivity (Wildman–Crippen MR) is 80.2 cm³/mol. The van der Waals surface area contributed by atoms with Crippen LogP contribution in [-0.2, 0) is 6.54 Å². The minimum atomic E-state index is 0.438. The lowest BCUT2D eigenvalue weighted by molar-refractivity contribution is 0.388. The molecule has 3 rings (SSSR count). The van der Waals surface area contributed by atoms with Gasteiger partial charge < -0.3 is 15.6 Å². The third-order valence-corrected chi connectivity index (χ3v) is 3.35. The van der Waals surface area contributed by atoms with E-state index in [1.807, 2.05) is 18.2 Å². The van der Waals surface area contributed by atoms with E-state index in [0.29, 0.717) is 23.9 Å². The van der Waals surface area contributed by atoms with E-state index in [4.69, 9.17) is 10.3 Å². The zero-order valence-corrected chi connectivity index (χ0v) is 12.3. The number of halogens is 1. The van der Waals surface area contributed by atoms with Gasteiger partial charge in [0.05, 0.1) is 29.6 Å². The summed E-state index contributed by atoms with van der Waals surface area (Å²) in [4.78, 5) is 8.45. The van der Waals surface area contributed by atoms with Gasteiger partial charge in [0, 0.05) is 16.8 Å². The van der Waals surface area contributed by atoms with Crippen LogP contribution in [0.2, 0.25) is 0 Å². The number of hydrogen-bond acceptors (Lipinski definition) is 6. The van der Waals surface area contributed by atoms with E-state index in [1.54, 1.807) is 13.1 Å². The van der Waals surface area contributed by atoms with Crippen LogP contribution in [0.1, 0.15) is 11.7 Å². The Hall–Kier alpha value is -2.15. The Bertz CT molecular complexity index is 765. The fourth-order valence-electron chi connectivity index (χ4n) is 1.96. The summed E-state index contributed by atoms with van der Waals surface area (Å²) < 4.78 is 5.91. The summed E-state index contributed by atoms with van der Waals surface area (Å²) >= 11 is 3.45. The maximum absolute atomic E-state index is 6.00. The van der Waals surface area contributed by atoms with Gasteiger partial charge in [0.1, 0.15) is 0 Å². The summed E-state index contributed by atoms with van der Waals surface area (Å²) in [5, 5.41) is 8.03. The van der Waals surface area contributed by atoms with Gasteiger partial charge in [-0.15, -0.1) is 0 Å². The van der Waals surface area contributed by atoms with Crippen molar-refractivity contribution in [1.29, 1.82) is 0 Å². The number of hydrogen-bond donors (Lipinski definition) is 2. The molecule has 20 heavy (non-hydrogen) atoms. The Morgan fingerprint density at radius 3 is 3.00 bits per heavy atom. The van der Waals surface area contributed by atoms with E-state index in [2.05, 4.69) is 36.4 Å². The molecule has 0 aliphatic rings. The van der Waals surface area contributed by atoms with Crippen molar-refractivity contribution in [1.82, 2.24) is 15.1 Å². The Labute approximate surface area is 123 Å². The standard InChI is InChI=1S/C13H12BrN5O/c1-7-18-12(19-20-7)6-17-13-9-4-8(14)2-3-11(9)16-5-10(13)15/h2-5H,6,15H2,1H3,(H,16,17). The Morgan fingerprint density at radius 1 is 1.40 bits per heavy atom. The molecule has 7 heteroatoms. The van der Waals surface area contributed by atoms with Gasteiger partial charge in [-0.05, 0) is 18.2 Å². The zero-order chi connectivity index (χ0) is 14.1. The van der Waals surface area contributed by atoms with Gasteiger partial charge in [-0.2, -0.15) is 4.98 Å². The molecule has 0 bridgehead atoms. The first-order valence-electron chi connectivity index (χ1n) is 6.00. The lowest BCUT2D eigenvalue weighted by atomic mass is 10.1.